The molecule has 0 aliphatic carbocycles. The second kappa shape index (κ2) is 9.12. The van der Waals surface area contributed by atoms with Gasteiger partial charge < -0.3 is 31.8 Å². The minimum atomic E-state index is -4.64. The summed E-state index contributed by atoms with van der Waals surface area (Å²) in [5.74, 6) is 0. The normalized spacial score (nSPS) is 12.2. The van der Waals surface area contributed by atoms with Gasteiger partial charge in [0, 0.05) is 6.61 Å². The van der Waals surface area contributed by atoms with Gasteiger partial charge in [-0.25, -0.2) is 4.57 Å². The number of aliphatic hydroxyl groups is 2. The Morgan fingerprint density at radius 2 is 1.45 bits per heavy atom. The summed E-state index contributed by atoms with van der Waals surface area (Å²) in [7, 11) is -4.64. The second-order valence-corrected chi connectivity index (χ2v) is 2.38. The van der Waals surface area contributed by atoms with Gasteiger partial charge in [0.2, 0.25) is 0 Å². The maximum absolute atomic E-state index is 8.88. The van der Waals surface area contributed by atoms with Crippen LogP contribution < -0.4 is 29.6 Å². The molecule has 0 aromatic heterocycles. The van der Waals surface area contributed by atoms with Crippen molar-refractivity contribution in [3.63, 3.8) is 0 Å². The molecule has 1 atom stereocenters. The van der Waals surface area contributed by atoms with Crippen LogP contribution in [0.1, 0.15) is 0 Å². The Morgan fingerprint density at radius 1 is 1.36 bits per heavy atom. The minimum absolute atomic E-state index is 0. The van der Waals surface area contributed by atoms with Gasteiger partial charge in [0.15, 0.2) is 0 Å². The Kier molecular flexibility index (Phi) is 14.9. The molecule has 0 radical (unpaired) electrons. The van der Waals surface area contributed by atoms with E-state index >= 15 is 0 Å². The first kappa shape index (κ1) is 17.9. The van der Waals surface area contributed by atoms with Gasteiger partial charge in [-0.15, -0.1) is 0 Å². The summed E-state index contributed by atoms with van der Waals surface area (Å²) in [6.07, 6.45) is -0.810. The van der Waals surface area contributed by atoms with E-state index in [4.69, 9.17) is 29.5 Å². The predicted octanol–water partition coefficient (Wildman–Crippen LogP) is -4.75. The van der Waals surface area contributed by atoms with Crippen LogP contribution >= 0.6 is 7.82 Å². The Bertz CT molecular complexity index is 102. The summed E-state index contributed by atoms with van der Waals surface area (Å²) in [5, 5.41) is 15.8. The van der Waals surface area contributed by atoms with Crippen LogP contribution in [0.2, 0.25) is 0 Å². The molecular weight excluding hydrogens is 186 g/mol. The molecule has 6 nitrogen and oxygen atoms in total. The minimum Gasteiger partial charge on any atom is -0.423 e. The number of aliphatic hydroxyl groups excluding tert-OH is 2. The van der Waals surface area contributed by atoms with E-state index in [1.807, 2.05) is 0 Å². The van der Waals surface area contributed by atoms with E-state index in [1.165, 1.54) is 0 Å². The van der Waals surface area contributed by atoms with Gasteiger partial charge in [-0.2, -0.15) is 0 Å². The van der Waals surface area contributed by atoms with Gasteiger partial charge in [0.1, 0.15) is 0 Å². The number of phosphoric acid groups is 1. The average molecular weight is 196 g/mol. The van der Waals surface area contributed by atoms with Crippen LogP contribution in [0.15, 0.2) is 0 Å². The van der Waals surface area contributed by atoms with Gasteiger partial charge in [0.25, 0.3) is 0 Å². The monoisotopic (exact) mass is 196 g/mol. The van der Waals surface area contributed by atoms with E-state index in [2.05, 4.69) is 6.92 Å². The fraction of sp³-hybridized carbons (Fsp3) is 0.667. The first-order valence-corrected chi connectivity index (χ1v) is 3.74. The fourth-order valence-corrected chi connectivity index (χ4v) is 0. The molecule has 0 aromatic rings. The number of rotatable bonds is 1. The van der Waals surface area contributed by atoms with Gasteiger partial charge in [-0.05, 0) is 6.10 Å². The SMILES string of the molecule is O=P(O)(O)O.[CH2-]C(O)CO.[Na+]. The van der Waals surface area contributed by atoms with Gasteiger partial charge >= 0.3 is 37.4 Å². The molecule has 5 N–H and O–H groups in total. The standard InChI is InChI=1S/C3H7O2.Na.H3O4P/c1-3(5)2-4;;1-5(2,3)4/h3-5H,1-2H2;;(H3,1,2,3,4)/q-1;+1;. The summed E-state index contributed by atoms with van der Waals surface area (Å²) >= 11 is 0. The maximum atomic E-state index is 8.88. The molecule has 64 valence electrons. The average Bonchev–Trinajstić information content (AvgIpc) is 1.61. The molecular formula is C3H10NaO6P. The van der Waals surface area contributed by atoms with Crippen molar-refractivity contribution >= 4 is 7.82 Å². The van der Waals surface area contributed by atoms with Crippen LogP contribution in [-0.4, -0.2) is 37.6 Å². The summed E-state index contributed by atoms with van der Waals surface area (Å²) in [4.78, 5) is 21.6. The first-order valence-electron chi connectivity index (χ1n) is 2.17. The topological polar surface area (TPSA) is 118 Å². The third-order valence-corrected chi connectivity index (χ3v) is 0.211. The summed E-state index contributed by atoms with van der Waals surface area (Å²) < 4.78 is 8.88. The second-order valence-electron chi connectivity index (χ2n) is 1.35. The summed E-state index contributed by atoms with van der Waals surface area (Å²) in [5.41, 5.74) is 0. The molecule has 0 amide bonds. The van der Waals surface area contributed by atoms with Crippen LogP contribution in [0, 0.1) is 6.92 Å². The Balaban J connectivity index is -0.000000107. The summed E-state index contributed by atoms with van der Waals surface area (Å²) in [6.45, 7) is 2.81. The molecule has 8 heteroatoms. The molecule has 0 fully saturated rings. The van der Waals surface area contributed by atoms with Crippen molar-refractivity contribution in [2.24, 2.45) is 0 Å². The first-order chi connectivity index (χ1) is 4.27. The van der Waals surface area contributed by atoms with Crippen molar-refractivity contribution in [1.29, 1.82) is 0 Å². The zero-order valence-electron chi connectivity index (χ0n) is 6.08. The van der Waals surface area contributed by atoms with E-state index in [-0.39, 0.29) is 36.2 Å². The van der Waals surface area contributed by atoms with Crippen LogP contribution in [0.25, 0.3) is 0 Å². The Labute approximate surface area is 86.4 Å². The van der Waals surface area contributed by atoms with Crippen molar-refractivity contribution in [3.8, 4) is 0 Å². The molecule has 0 spiro atoms. The van der Waals surface area contributed by atoms with E-state index in [9.17, 15) is 0 Å². The van der Waals surface area contributed by atoms with Crippen molar-refractivity contribution in [1.82, 2.24) is 0 Å². The molecule has 1 unspecified atom stereocenters. The quantitative estimate of drug-likeness (QED) is 0.163. The molecule has 0 saturated heterocycles. The van der Waals surface area contributed by atoms with Crippen LogP contribution in [-0.2, 0) is 4.57 Å². The maximum Gasteiger partial charge on any atom is 1.00 e. The van der Waals surface area contributed by atoms with E-state index in [1.54, 1.807) is 0 Å². The molecule has 0 aliphatic heterocycles. The molecule has 0 heterocycles. The van der Waals surface area contributed by atoms with Crippen molar-refractivity contribution in [2.75, 3.05) is 6.61 Å². The third kappa shape index (κ3) is 98.0. The van der Waals surface area contributed by atoms with Crippen molar-refractivity contribution in [3.05, 3.63) is 6.92 Å². The predicted molar refractivity (Wildman–Crippen MR) is 32.7 cm³/mol. The van der Waals surface area contributed by atoms with Gasteiger partial charge in [0.05, 0.1) is 0 Å². The molecule has 0 rings (SSSR count). The smallest absolute Gasteiger partial charge is 0.423 e. The number of hydrogen-bond acceptors (Lipinski definition) is 3. The third-order valence-electron chi connectivity index (χ3n) is 0.211. The molecule has 0 bridgehead atoms. The van der Waals surface area contributed by atoms with E-state index < -0.39 is 13.9 Å². The van der Waals surface area contributed by atoms with Crippen molar-refractivity contribution in [2.45, 2.75) is 6.10 Å². The van der Waals surface area contributed by atoms with Crippen LogP contribution in [0.3, 0.4) is 0 Å². The van der Waals surface area contributed by atoms with Gasteiger partial charge in [-0.1, -0.05) is 0 Å². The molecule has 0 aliphatic rings. The molecule has 11 heavy (non-hydrogen) atoms. The largest absolute Gasteiger partial charge is 1.00 e. The van der Waals surface area contributed by atoms with Crippen LogP contribution in [0.4, 0.5) is 0 Å². The van der Waals surface area contributed by atoms with Gasteiger partial charge in [-0.3, -0.25) is 0 Å². The number of hydrogen-bond donors (Lipinski definition) is 5. The zero-order valence-corrected chi connectivity index (χ0v) is 8.98. The van der Waals surface area contributed by atoms with Crippen LogP contribution in [0.5, 0.6) is 0 Å². The van der Waals surface area contributed by atoms with E-state index in [0.717, 1.165) is 0 Å². The zero-order chi connectivity index (χ0) is 8.78. The Hall–Kier alpha value is 1.03. The van der Waals surface area contributed by atoms with Crippen molar-refractivity contribution < 1.29 is 59.0 Å². The molecule has 0 aromatic carbocycles. The Morgan fingerprint density at radius 3 is 1.45 bits per heavy atom. The fourth-order valence-electron chi connectivity index (χ4n) is 0. The summed E-state index contributed by atoms with van der Waals surface area (Å²) in [6, 6.07) is 0. The molecule has 0 saturated carbocycles. The van der Waals surface area contributed by atoms with E-state index in [0.29, 0.717) is 0 Å².